The van der Waals surface area contributed by atoms with Gasteiger partial charge in [-0.25, -0.2) is 4.98 Å². The van der Waals surface area contributed by atoms with Crippen molar-refractivity contribution in [2.24, 2.45) is 0 Å². The smallest absolute Gasteiger partial charge is 0.259 e. The number of thiophene rings is 1. The Labute approximate surface area is 156 Å². The molecule has 136 valence electrons. The van der Waals surface area contributed by atoms with Gasteiger partial charge < -0.3 is 10.3 Å². The zero-order valence-electron chi connectivity index (χ0n) is 14.8. The Morgan fingerprint density at radius 2 is 2.20 bits per heavy atom. The Morgan fingerprint density at radius 1 is 1.40 bits per heavy atom. The molecule has 2 aromatic rings. The average Bonchev–Trinajstić information content (AvgIpc) is 2.97. The van der Waals surface area contributed by atoms with Gasteiger partial charge in [-0.3, -0.25) is 9.59 Å². The number of hydrogen-bond acceptors (Lipinski definition) is 5. The maximum absolute atomic E-state index is 12.5. The van der Waals surface area contributed by atoms with Gasteiger partial charge in [0.15, 0.2) is 0 Å². The van der Waals surface area contributed by atoms with E-state index in [1.54, 1.807) is 23.1 Å². The first-order valence-electron chi connectivity index (χ1n) is 8.99. The highest BCUT2D eigenvalue weighted by Crippen LogP contribution is 2.33. The van der Waals surface area contributed by atoms with Crippen LogP contribution >= 0.6 is 23.1 Å². The topological polar surface area (TPSA) is 74.8 Å². The second kappa shape index (κ2) is 8.36. The van der Waals surface area contributed by atoms with Crippen molar-refractivity contribution in [2.45, 2.75) is 64.2 Å². The van der Waals surface area contributed by atoms with Crippen LogP contribution in [0.25, 0.3) is 10.2 Å². The summed E-state index contributed by atoms with van der Waals surface area (Å²) in [6.07, 6.45) is 5.88. The number of aromatic nitrogens is 2. The molecule has 0 saturated carbocycles. The minimum Gasteiger partial charge on any atom is -0.354 e. The van der Waals surface area contributed by atoms with Crippen LogP contribution in [-0.4, -0.2) is 27.7 Å². The molecular formula is C18H25N3O2S2. The molecule has 2 N–H and O–H groups in total. The molecule has 7 heteroatoms. The van der Waals surface area contributed by atoms with Gasteiger partial charge in [0, 0.05) is 23.1 Å². The fourth-order valence-corrected chi connectivity index (χ4v) is 5.14. The Bertz CT molecular complexity index is 812. The maximum atomic E-state index is 12.5. The molecule has 1 unspecified atom stereocenters. The number of aromatic amines is 1. The summed E-state index contributed by atoms with van der Waals surface area (Å²) < 4.78 is 0. The first kappa shape index (κ1) is 18.5. The number of aryl methyl sites for hydroxylation is 2. The second-order valence-corrected chi connectivity index (χ2v) is 8.77. The first-order valence-corrected chi connectivity index (χ1v) is 11.0. The number of amides is 1. The van der Waals surface area contributed by atoms with Crippen LogP contribution in [0.3, 0.4) is 0 Å². The van der Waals surface area contributed by atoms with Crippen LogP contribution in [0.2, 0.25) is 0 Å². The van der Waals surface area contributed by atoms with E-state index in [4.69, 9.17) is 0 Å². The van der Waals surface area contributed by atoms with Gasteiger partial charge in [-0.2, -0.15) is 11.8 Å². The fourth-order valence-electron chi connectivity index (χ4n) is 3.06. The number of rotatable bonds is 7. The van der Waals surface area contributed by atoms with Crippen molar-refractivity contribution >= 4 is 39.2 Å². The standard InChI is InChI=1S/C18H25N3O2S2/c1-3-11(2)19-15(22)8-9-24-10-14-20-17(23)16-12-6-4-5-7-13(12)25-18(16)21-14/h11H,3-10H2,1-2H3,(H,19,22)(H,20,21,23). The van der Waals surface area contributed by atoms with Crippen molar-refractivity contribution < 1.29 is 4.79 Å². The molecule has 0 bridgehead atoms. The van der Waals surface area contributed by atoms with Crippen LogP contribution in [0.15, 0.2) is 4.79 Å². The maximum Gasteiger partial charge on any atom is 0.259 e. The van der Waals surface area contributed by atoms with Gasteiger partial charge in [0.2, 0.25) is 5.91 Å². The van der Waals surface area contributed by atoms with E-state index < -0.39 is 0 Å². The van der Waals surface area contributed by atoms with E-state index in [1.807, 2.05) is 6.92 Å². The number of hydrogen-bond donors (Lipinski definition) is 2. The lowest BCUT2D eigenvalue weighted by atomic mass is 9.97. The zero-order valence-corrected chi connectivity index (χ0v) is 16.4. The van der Waals surface area contributed by atoms with Gasteiger partial charge in [-0.1, -0.05) is 6.92 Å². The summed E-state index contributed by atoms with van der Waals surface area (Å²) in [6.45, 7) is 4.07. The highest BCUT2D eigenvalue weighted by molar-refractivity contribution is 7.98. The number of carbonyl (C=O) groups is 1. The monoisotopic (exact) mass is 379 g/mol. The predicted octanol–water partition coefficient (Wildman–Crippen LogP) is 3.40. The van der Waals surface area contributed by atoms with Gasteiger partial charge in [-0.05, 0) is 44.6 Å². The number of H-pyrrole nitrogens is 1. The van der Waals surface area contributed by atoms with Gasteiger partial charge in [-0.15, -0.1) is 11.3 Å². The fraction of sp³-hybridized carbons (Fsp3) is 0.611. The molecule has 1 amide bonds. The molecule has 3 rings (SSSR count). The van der Waals surface area contributed by atoms with E-state index in [0.717, 1.165) is 41.7 Å². The molecule has 0 aliphatic heterocycles. The summed E-state index contributed by atoms with van der Waals surface area (Å²) in [7, 11) is 0. The third-order valence-corrected chi connectivity index (χ3v) is 6.76. The summed E-state index contributed by atoms with van der Waals surface area (Å²) in [5.74, 6) is 2.16. The number of fused-ring (bicyclic) bond motifs is 3. The van der Waals surface area contributed by atoms with Crippen molar-refractivity contribution in [3.63, 3.8) is 0 Å². The van der Waals surface area contributed by atoms with Gasteiger partial charge in [0.25, 0.3) is 5.56 Å². The minimum absolute atomic E-state index is 0.00508. The van der Waals surface area contributed by atoms with E-state index in [0.29, 0.717) is 18.0 Å². The molecule has 2 aromatic heterocycles. The van der Waals surface area contributed by atoms with Crippen LogP contribution in [0, 0.1) is 0 Å². The molecule has 1 aliphatic rings. The average molecular weight is 380 g/mol. The largest absolute Gasteiger partial charge is 0.354 e. The lowest BCUT2D eigenvalue weighted by molar-refractivity contribution is -0.121. The van der Waals surface area contributed by atoms with Crippen LogP contribution in [0.1, 0.15) is 55.8 Å². The molecule has 0 spiro atoms. The summed E-state index contributed by atoms with van der Waals surface area (Å²) in [5.41, 5.74) is 1.22. The summed E-state index contributed by atoms with van der Waals surface area (Å²) in [4.78, 5) is 34.0. The Balaban J connectivity index is 1.59. The quantitative estimate of drug-likeness (QED) is 0.723. The molecule has 0 radical (unpaired) electrons. The van der Waals surface area contributed by atoms with E-state index in [1.165, 1.54) is 16.9 Å². The van der Waals surface area contributed by atoms with Crippen molar-refractivity contribution in [3.05, 3.63) is 26.6 Å². The molecule has 2 heterocycles. The van der Waals surface area contributed by atoms with E-state index in [9.17, 15) is 9.59 Å². The van der Waals surface area contributed by atoms with Crippen LogP contribution in [0.5, 0.6) is 0 Å². The molecule has 0 aromatic carbocycles. The Morgan fingerprint density at radius 3 is 3.00 bits per heavy atom. The van der Waals surface area contributed by atoms with Gasteiger partial charge >= 0.3 is 0 Å². The van der Waals surface area contributed by atoms with Crippen molar-refractivity contribution in [2.75, 3.05) is 5.75 Å². The summed E-state index contributed by atoms with van der Waals surface area (Å²) in [6, 6.07) is 0.225. The van der Waals surface area contributed by atoms with Crippen molar-refractivity contribution in [3.8, 4) is 0 Å². The molecule has 25 heavy (non-hydrogen) atoms. The highest BCUT2D eigenvalue weighted by atomic mass is 32.2. The molecule has 1 atom stereocenters. The summed E-state index contributed by atoms with van der Waals surface area (Å²) in [5, 5.41) is 3.77. The zero-order chi connectivity index (χ0) is 17.8. The second-order valence-electron chi connectivity index (χ2n) is 6.58. The van der Waals surface area contributed by atoms with E-state index in [-0.39, 0.29) is 17.5 Å². The van der Waals surface area contributed by atoms with E-state index in [2.05, 4.69) is 22.2 Å². The molecule has 0 saturated heterocycles. The number of nitrogens with zero attached hydrogens (tertiary/aromatic N) is 1. The number of nitrogens with one attached hydrogen (secondary N) is 2. The first-order chi connectivity index (χ1) is 12.1. The Hall–Kier alpha value is -1.34. The lowest BCUT2D eigenvalue weighted by Crippen LogP contribution is -2.32. The lowest BCUT2D eigenvalue weighted by Gasteiger charge is -2.10. The highest BCUT2D eigenvalue weighted by Gasteiger charge is 2.19. The summed E-state index contributed by atoms with van der Waals surface area (Å²) >= 11 is 3.31. The molecule has 5 nitrogen and oxygen atoms in total. The third-order valence-electron chi connectivity index (χ3n) is 4.61. The number of thioether (sulfide) groups is 1. The molecular weight excluding hydrogens is 354 g/mol. The Kier molecular flexibility index (Phi) is 6.17. The van der Waals surface area contributed by atoms with Crippen LogP contribution in [0.4, 0.5) is 0 Å². The van der Waals surface area contributed by atoms with Gasteiger partial charge in [0.1, 0.15) is 10.7 Å². The molecule has 1 aliphatic carbocycles. The van der Waals surface area contributed by atoms with Crippen molar-refractivity contribution in [1.29, 1.82) is 0 Å². The SMILES string of the molecule is CCC(C)NC(=O)CCSCc1nc2sc3c(c2c(=O)[nH]1)CCCC3. The predicted molar refractivity (Wildman–Crippen MR) is 106 cm³/mol. The molecule has 0 fully saturated rings. The third kappa shape index (κ3) is 4.44. The van der Waals surface area contributed by atoms with Crippen molar-refractivity contribution in [1.82, 2.24) is 15.3 Å². The minimum atomic E-state index is -0.00508. The van der Waals surface area contributed by atoms with Gasteiger partial charge in [0.05, 0.1) is 11.1 Å². The van der Waals surface area contributed by atoms with Crippen LogP contribution < -0.4 is 10.9 Å². The van der Waals surface area contributed by atoms with E-state index >= 15 is 0 Å². The van der Waals surface area contributed by atoms with Crippen LogP contribution in [-0.2, 0) is 23.4 Å². The number of carbonyl (C=O) groups excluding carboxylic acids is 1. The normalized spacial score (nSPS) is 15.1.